The van der Waals surface area contributed by atoms with Crippen molar-refractivity contribution in [2.45, 2.75) is 58.3 Å². The third kappa shape index (κ3) is 6.71. The molecule has 0 aliphatic carbocycles. The number of carbonyl (C=O) groups excluding carboxylic acids is 1. The Morgan fingerprint density at radius 2 is 2.00 bits per heavy atom. The van der Waals surface area contributed by atoms with Gasteiger partial charge < -0.3 is 19.0 Å². The Kier molecular flexibility index (Phi) is 6.60. The monoisotopic (exact) mass is 320 g/mol. The van der Waals surface area contributed by atoms with Crippen LogP contribution in [0.2, 0.25) is 0 Å². The summed E-state index contributed by atoms with van der Waals surface area (Å²) in [6.45, 7) is 7.23. The number of ether oxygens (including phenoxy) is 3. The molecule has 2 rings (SSSR count). The zero-order chi connectivity index (χ0) is 16.7. The zero-order valence-corrected chi connectivity index (χ0v) is 14.4. The Balaban J connectivity index is 1.82. The van der Waals surface area contributed by atoms with E-state index in [9.17, 15) is 4.79 Å². The summed E-state index contributed by atoms with van der Waals surface area (Å²) in [5, 5.41) is 0. The molecule has 1 aromatic rings. The second-order valence-electron chi connectivity index (χ2n) is 7.09. The Morgan fingerprint density at radius 1 is 1.26 bits per heavy atom. The van der Waals surface area contributed by atoms with Gasteiger partial charge in [0.2, 0.25) is 0 Å². The molecule has 0 bridgehead atoms. The minimum atomic E-state index is -0.208. The minimum Gasteiger partial charge on any atom is -0.488 e. The maximum atomic E-state index is 11.3. The Hall–Kier alpha value is -1.39. The van der Waals surface area contributed by atoms with Crippen LogP contribution in [0.15, 0.2) is 24.3 Å². The van der Waals surface area contributed by atoms with Crippen molar-refractivity contribution in [2.75, 3.05) is 13.2 Å². The van der Waals surface area contributed by atoms with Gasteiger partial charge in [-0.25, -0.2) is 0 Å². The van der Waals surface area contributed by atoms with Gasteiger partial charge in [-0.2, -0.15) is 0 Å². The second-order valence-corrected chi connectivity index (χ2v) is 7.09. The summed E-state index contributed by atoms with van der Waals surface area (Å²) in [6, 6.07) is 7.92. The number of rotatable bonds is 7. The highest BCUT2D eigenvalue weighted by molar-refractivity contribution is 5.54. The van der Waals surface area contributed by atoms with Crippen LogP contribution in [0.3, 0.4) is 0 Å². The van der Waals surface area contributed by atoms with Crippen LogP contribution in [0.4, 0.5) is 0 Å². The van der Waals surface area contributed by atoms with Crippen LogP contribution in [0.5, 0.6) is 5.75 Å². The van der Waals surface area contributed by atoms with Gasteiger partial charge in [0.1, 0.15) is 17.6 Å². The van der Waals surface area contributed by atoms with E-state index in [0.29, 0.717) is 13.0 Å². The smallest absolute Gasteiger partial charge is 0.157 e. The third-order valence-electron chi connectivity index (χ3n) is 3.67. The summed E-state index contributed by atoms with van der Waals surface area (Å²) >= 11 is 0. The van der Waals surface area contributed by atoms with E-state index in [0.717, 1.165) is 43.5 Å². The largest absolute Gasteiger partial charge is 0.488 e. The predicted octanol–water partition coefficient (Wildman–Crippen LogP) is 3.76. The quantitative estimate of drug-likeness (QED) is 0.718. The highest BCUT2D eigenvalue weighted by Crippen LogP contribution is 2.20. The van der Waals surface area contributed by atoms with Crippen molar-refractivity contribution >= 4 is 6.29 Å². The molecule has 0 radical (unpaired) electrons. The van der Waals surface area contributed by atoms with E-state index in [2.05, 4.69) is 0 Å². The number of benzene rings is 1. The van der Waals surface area contributed by atoms with E-state index in [1.54, 1.807) is 0 Å². The molecular weight excluding hydrogens is 292 g/mol. The topological polar surface area (TPSA) is 44.8 Å². The van der Waals surface area contributed by atoms with Crippen LogP contribution < -0.4 is 4.74 Å². The maximum absolute atomic E-state index is 11.3. The molecule has 1 saturated heterocycles. The highest BCUT2D eigenvalue weighted by Gasteiger charge is 2.17. The van der Waals surface area contributed by atoms with Crippen molar-refractivity contribution in [3.63, 3.8) is 0 Å². The van der Waals surface area contributed by atoms with E-state index in [1.807, 2.05) is 45.0 Å². The van der Waals surface area contributed by atoms with Gasteiger partial charge in [-0.1, -0.05) is 12.1 Å². The fourth-order valence-electron chi connectivity index (χ4n) is 2.57. The second kappa shape index (κ2) is 8.46. The first-order chi connectivity index (χ1) is 11.0. The molecule has 0 N–H and O–H groups in total. The molecule has 0 aromatic heterocycles. The number of hydrogen-bond acceptors (Lipinski definition) is 4. The maximum Gasteiger partial charge on any atom is 0.157 e. The van der Waals surface area contributed by atoms with E-state index in [4.69, 9.17) is 14.2 Å². The van der Waals surface area contributed by atoms with Crippen molar-refractivity contribution in [1.29, 1.82) is 0 Å². The lowest BCUT2D eigenvalue weighted by Gasteiger charge is -2.24. The first kappa shape index (κ1) is 18.0. The Morgan fingerprint density at radius 3 is 2.57 bits per heavy atom. The molecule has 1 fully saturated rings. The lowest BCUT2D eigenvalue weighted by Crippen LogP contribution is -2.26. The molecule has 4 nitrogen and oxygen atoms in total. The van der Waals surface area contributed by atoms with Crippen molar-refractivity contribution in [3.8, 4) is 5.75 Å². The summed E-state index contributed by atoms with van der Waals surface area (Å²) < 4.78 is 17.1. The number of carbonyl (C=O) groups is 1. The summed E-state index contributed by atoms with van der Waals surface area (Å²) in [6.07, 6.45) is 4.65. The molecule has 0 saturated carbocycles. The van der Waals surface area contributed by atoms with Crippen molar-refractivity contribution in [3.05, 3.63) is 29.8 Å². The molecule has 1 unspecified atom stereocenters. The molecule has 1 aliphatic rings. The lowest BCUT2D eigenvalue weighted by atomic mass is 10.0. The van der Waals surface area contributed by atoms with Crippen molar-refractivity contribution < 1.29 is 19.0 Å². The Labute approximate surface area is 139 Å². The summed E-state index contributed by atoms with van der Waals surface area (Å²) in [5.74, 6) is 0.700. The normalized spacial score (nSPS) is 20.0. The fraction of sp³-hybridized carbons (Fsp3) is 0.632. The van der Waals surface area contributed by atoms with Gasteiger partial charge in [-0.15, -0.1) is 0 Å². The molecule has 1 aromatic carbocycles. The lowest BCUT2D eigenvalue weighted by molar-refractivity contribution is -0.169. The third-order valence-corrected chi connectivity index (χ3v) is 3.67. The van der Waals surface area contributed by atoms with Gasteiger partial charge in [-0.05, 0) is 64.2 Å². The molecule has 128 valence electrons. The molecule has 1 aliphatic heterocycles. The molecule has 4 heteroatoms. The van der Waals surface area contributed by atoms with E-state index in [-0.39, 0.29) is 17.8 Å². The summed E-state index contributed by atoms with van der Waals surface area (Å²) in [7, 11) is 0. The molecule has 0 amide bonds. The van der Waals surface area contributed by atoms with Crippen molar-refractivity contribution in [2.24, 2.45) is 5.92 Å². The average Bonchev–Trinajstić information content (AvgIpc) is 2.52. The van der Waals surface area contributed by atoms with Gasteiger partial charge in [-0.3, -0.25) is 0 Å². The van der Waals surface area contributed by atoms with Crippen LogP contribution in [-0.4, -0.2) is 31.4 Å². The summed E-state index contributed by atoms with van der Waals surface area (Å²) in [5.41, 5.74) is 0.900. The van der Waals surface area contributed by atoms with Gasteiger partial charge >= 0.3 is 0 Å². The van der Waals surface area contributed by atoms with Gasteiger partial charge in [0.25, 0.3) is 0 Å². The molecule has 1 heterocycles. The van der Waals surface area contributed by atoms with E-state index < -0.39 is 0 Å². The fourth-order valence-corrected chi connectivity index (χ4v) is 2.57. The SMILES string of the molecule is CC(C)(C)Oc1ccc(C[C@H](C=O)COC2CCCCO2)cc1. The minimum absolute atomic E-state index is 0.144. The van der Waals surface area contributed by atoms with Gasteiger partial charge in [0, 0.05) is 12.5 Å². The van der Waals surface area contributed by atoms with Crippen LogP contribution in [0.1, 0.15) is 45.6 Å². The van der Waals surface area contributed by atoms with E-state index in [1.165, 1.54) is 0 Å². The van der Waals surface area contributed by atoms with Crippen LogP contribution in [-0.2, 0) is 20.7 Å². The van der Waals surface area contributed by atoms with Gasteiger partial charge in [0.05, 0.1) is 6.61 Å². The van der Waals surface area contributed by atoms with Crippen LogP contribution >= 0.6 is 0 Å². The molecular formula is C19H28O4. The van der Waals surface area contributed by atoms with Crippen LogP contribution in [0, 0.1) is 5.92 Å². The van der Waals surface area contributed by atoms with Gasteiger partial charge in [0.15, 0.2) is 6.29 Å². The first-order valence-electron chi connectivity index (χ1n) is 8.43. The molecule has 2 atom stereocenters. The molecule has 23 heavy (non-hydrogen) atoms. The van der Waals surface area contributed by atoms with Crippen molar-refractivity contribution in [1.82, 2.24) is 0 Å². The molecule has 0 spiro atoms. The number of aldehydes is 1. The van der Waals surface area contributed by atoms with Crippen LogP contribution in [0.25, 0.3) is 0 Å². The first-order valence-corrected chi connectivity index (χ1v) is 8.43. The highest BCUT2D eigenvalue weighted by atomic mass is 16.7. The van der Waals surface area contributed by atoms with E-state index >= 15 is 0 Å². The standard InChI is InChI=1S/C19H28O4/c1-19(2,3)23-17-9-7-15(8-10-17)12-16(13-20)14-22-18-6-4-5-11-21-18/h7-10,13,16,18H,4-6,11-12,14H2,1-3H3/t16-,18?/m1/s1. The zero-order valence-electron chi connectivity index (χ0n) is 14.4. The Bertz CT molecular complexity index is 469. The predicted molar refractivity (Wildman–Crippen MR) is 89.6 cm³/mol. The average molecular weight is 320 g/mol. The summed E-state index contributed by atoms with van der Waals surface area (Å²) in [4.78, 5) is 11.3. The number of hydrogen-bond donors (Lipinski definition) is 0.